The molecule has 0 amide bonds. The molecule has 0 bridgehead atoms. The lowest BCUT2D eigenvalue weighted by atomic mass is 10.1. The first-order valence-electron chi connectivity index (χ1n) is 10.2. The van der Waals surface area contributed by atoms with Crippen LogP contribution >= 0.6 is 24.0 Å². The zero-order chi connectivity index (χ0) is 18.0. The van der Waals surface area contributed by atoms with Gasteiger partial charge in [0.2, 0.25) is 0 Å². The number of aliphatic imine (C=N–C) groups is 1. The molecule has 0 aliphatic carbocycles. The van der Waals surface area contributed by atoms with Crippen LogP contribution in [0, 0.1) is 0 Å². The van der Waals surface area contributed by atoms with Gasteiger partial charge in [-0.1, -0.05) is 18.2 Å². The molecule has 0 saturated carbocycles. The van der Waals surface area contributed by atoms with Gasteiger partial charge in [-0.15, -0.1) is 24.0 Å². The van der Waals surface area contributed by atoms with Crippen molar-refractivity contribution in [2.24, 2.45) is 4.99 Å². The van der Waals surface area contributed by atoms with Crippen molar-refractivity contribution >= 4 is 40.8 Å². The van der Waals surface area contributed by atoms with Gasteiger partial charge in [0.25, 0.3) is 0 Å². The predicted molar refractivity (Wildman–Crippen MR) is 126 cm³/mol. The number of fused-ring (bicyclic) bond motifs is 1. The van der Waals surface area contributed by atoms with Crippen molar-refractivity contribution in [1.29, 1.82) is 0 Å². The van der Waals surface area contributed by atoms with Crippen LogP contribution < -0.4 is 10.6 Å². The Balaban J connectivity index is 0.00000261. The van der Waals surface area contributed by atoms with E-state index in [4.69, 9.17) is 4.99 Å². The summed E-state index contributed by atoms with van der Waals surface area (Å²) in [7, 11) is 0. The molecule has 3 N–H and O–H groups in total. The van der Waals surface area contributed by atoms with Crippen LogP contribution in [0.25, 0.3) is 10.9 Å². The topological polar surface area (TPSA) is 55.5 Å². The minimum atomic E-state index is 0. The standard InChI is InChI=1S/C21H33N5.HI/c1-2-22-21(23-12-5-6-14-26-15-7-8-16-26)24-13-11-18-17-25-20-10-4-3-9-19(18)20;/h3-4,9-10,17,25H,2,5-8,11-16H2,1H3,(H2,22,23,24);1H. The molecule has 0 atom stereocenters. The number of aromatic amines is 1. The predicted octanol–water partition coefficient (Wildman–Crippen LogP) is 3.76. The fourth-order valence-electron chi connectivity index (χ4n) is 3.64. The van der Waals surface area contributed by atoms with Gasteiger partial charge >= 0.3 is 0 Å². The second kappa shape index (κ2) is 12.2. The number of hydrogen-bond acceptors (Lipinski definition) is 2. The maximum absolute atomic E-state index is 4.73. The summed E-state index contributed by atoms with van der Waals surface area (Å²) < 4.78 is 0. The van der Waals surface area contributed by atoms with Crippen molar-refractivity contribution < 1.29 is 0 Å². The summed E-state index contributed by atoms with van der Waals surface area (Å²) in [4.78, 5) is 10.6. The van der Waals surface area contributed by atoms with E-state index in [-0.39, 0.29) is 24.0 Å². The quantitative estimate of drug-likeness (QED) is 0.220. The third kappa shape index (κ3) is 6.99. The summed E-state index contributed by atoms with van der Waals surface area (Å²) in [6, 6.07) is 8.47. The summed E-state index contributed by atoms with van der Waals surface area (Å²) in [6.07, 6.45) is 8.28. The molecule has 1 saturated heterocycles. The Morgan fingerprint density at radius 1 is 1.15 bits per heavy atom. The number of unbranched alkanes of at least 4 members (excludes halogenated alkanes) is 1. The van der Waals surface area contributed by atoms with E-state index < -0.39 is 0 Å². The third-order valence-electron chi connectivity index (χ3n) is 5.06. The highest BCUT2D eigenvalue weighted by molar-refractivity contribution is 14.0. The van der Waals surface area contributed by atoms with Gasteiger partial charge in [-0.2, -0.15) is 0 Å². The van der Waals surface area contributed by atoms with E-state index in [1.54, 1.807) is 0 Å². The average molecular weight is 483 g/mol. The molecule has 150 valence electrons. The van der Waals surface area contributed by atoms with Crippen molar-refractivity contribution in [1.82, 2.24) is 20.5 Å². The van der Waals surface area contributed by atoms with Crippen LogP contribution in [0.5, 0.6) is 0 Å². The van der Waals surface area contributed by atoms with Crippen molar-refractivity contribution in [2.75, 3.05) is 39.3 Å². The monoisotopic (exact) mass is 483 g/mol. The molecule has 3 rings (SSSR count). The summed E-state index contributed by atoms with van der Waals surface area (Å²) in [6.45, 7) is 8.62. The minimum Gasteiger partial charge on any atom is -0.361 e. The highest BCUT2D eigenvalue weighted by atomic mass is 127. The molecular weight excluding hydrogens is 449 g/mol. The number of nitrogens with zero attached hydrogens (tertiary/aromatic N) is 2. The van der Waals surface area contributed by atoms with Gasteiger partial charge in [0.1, 0.15) is 0 Å². The van der Waals surface area contributed by atoms with E-state index in [1.807, 2.05) is 0 Å². The van der Waals surface area contributed by atoms with Gasteiger partial charge in [-0.3, -0.25) is 4.99 Å². The first kappa shape index (κ1) is 22.0. The van der Waals surface area contributed by atoms with Crippen LogP contribution in [0.4, 0.5) is 0 Å². The van der Waals surface area contributed by atoms with Gasteiger partial charge < -0.3 is 20.5 Å². The zero-order valence-corrected chi connectivity index (χ0v) is 18.8. The van der Waals surface area contributed by atoms with Crippen LogP contribution in [0.3, 0.4) is 0 Å². The van der Waals surface area contributed by atoms with Gasteiger partial charge in [0.15, 0.2) is 5.96 Å². The van der Waals surface area contributed by atoms with Crippen LogP contribution in [-0.2, 0) is 6.42 Å². The van der Waals surface area contributed by atoms with E-state index in [9.17, 15) is 0 Å². The molecule has 0 unspecified atom stereocenters. The highest BCUT2D eigenvalue weighted by Crippen LogP contribution is 2.17. The van der Waals surface area contributed by atoms with Crippen molar-refractivity contribution in [3.8, 4) is 0 Å². The van der Waals surface area contributed by atoms with Crippen molar-refractivity contribution in [3.63, 3.8) is 0 Å². The molecule has 0 radical (unpaired) electrons. The molecule has 1 fully saturated rings. The Kier molecular flexibility index (Phi) is 9.97. The van der Waals surface area contributed by atoms with Crippen LogP contribution in [-0.4, -0.2) is 55.1 Å². The first-order chi connectivity index (χ1) is 12.9. The van der Waals surface area contributed by atoms with E-state index in [0.717, 1.165) is 38.4 Å². The number of rotatable bonds is 9. The SMILES string of the molecule is CCNC(=NCCCCN1CCCC1)NCCc1c[nH]c2ccccc12.I. The molecule has 2 heterocycles. The summed E-state index contributed by atoms with van der Waals surface area (Å²) >= 11 is 0. The third-order valence-corrected chi connectivity index (χ3v) is 5.06. The van der Waals surface area contributed by atoms with Gasteiger partial charge in [-0.25, -0.2) is 0 Å². The lowest BCUT2D eigenvalue weighted by Crippen LogP contribution is -2.38. The smallest absolute Gasteiger partial charge is 0.191 e. The van der Waals surface area contributed by atoms with Crippen molar-refractivity contribution in [3.05, 3.63) is 36.0 Å². The maximum Gasteiger partial charge on any atom is 0.191 e. The van der Waals surface area contributed by atoms with Crippen LogP contribution in [0.1, 0.15) is 38.2 Å². The van der Waals surface area contributed by atoms with Gasteiger partial charge in [0, 0.05) is 36.7 Å². The van der Waals surface area contributed by atoms with E-state index >= 15 is 0 Å². The number of halogens is 1. The fraction of sp³-hybridized carbons (Fsp3) is 0.571. The fourth-order valence-corrected chi connectivity index (χ4v) is 3.64. The Morgan fingerprint density at radius 2 is 1.96 bits per heavy atom. The molecule has 0 spiro atoms. The Bertz CT molecular complexity index is 691. The molecule has 1 aromatic carbocycles. The molecule has 1 aliphatic heterocycles. The largest absolute Gasteiger partial charge is 0.361 e. The highest BCUT2D eigenvalue weighted by Gasteiger charge is 2.10. The minimum absolute atomic E-state index is 0. The average Bonchev–Trinajstić information content (AvgIpc) is 3.31. The molecule has 1 aliphatic rings. The maximum atomic E-state index is 4.73. The molecule has 6 heteroatoms. The molecule has 1 aromatic heterocycles. The Hall–Kier alpha value is -1.28. The number of hydrogen-bond donors (Lipinski definition) is 3. The van der Waals surface area contributed by atoms with Gasteiger partial charge in [0.05, 0.1) is 0 Å². The lowest BCUT2D eigenvalue weighted by Gasteiger charge is -2.14. The van der Waals surface area contributed by atoms with Crippen LogP contribution in [0.2, 0.25) is 0 Å². The number of benzene rings is 1. The molecule has 5 nitrogen and oxygen atoms in total. The number of nitrogens with one attached hydrogen (secondary N) is 3. The lowest BCUT2D eigenvalue weighted by molar-refractivity contribution is 0.331. The Morgan fingerprint density at radius 3 is 2.78 bits per heavy atom. The molecule has 2 aromatic rings. The zero-order valence-electron chi connectivity index (χ0n) is 16.5. The van der Waals surface area contributed by atoms with E-state index in [0.29, 0.717) is 0 Å². The number of guanidine groups is 1. The first-order valence-corrected chi connectivity index (χ1v) is 10.2. The normalized spacial score (nSPS) is 15.1. The molecular formula is C21H34IN5. The second-order valence-electron chi connectivity index (χ2n) is 7.05. The second-order valence-corrected chi connectivity index (χ2v) is 7.05. The number of likely N-dealkylation sites (tertiary alicyclic amines) is 1. The van der Waals surface area contributed by atoms with E-state index in [2.05, 4.69) is 57.9 Å². The summed E-state index contributed by atoms with van der Waals surface area (Å²) in [5.74, 6) is 0.938. The summed E-state index contributed by atoms with van der Waals surface area (Å²) in [5, 5.41) is 8.14. The number of H-pyrrole nitrogens is 1. The number of para-hydroxylation sites is 1. The summed E-state index contributed by atoms with van der Waals surface area (Å²) in [5.41, 5.74) is 2.57. The number of aromatic nitrogens is 1. The molecule has 27 heavy (non-hydrogen) atoms. The van der Waals surface area contributed by atoms with Gasteiger partial charge in [-0.05, 0) is 70.3 Å². The van der Waals surface area contributed by atoms with Crippen LogP contribution in [0.15, 0.2) is 35.5 Å². The Labute approximate surface area is 180 Å². The van der Waals surface area contributed by atoms with Crippen molar-refractivity contribution in [2.45, 2.75) is 39.0 Å². The van der Waals surface area contributed by atoms with E-state index in [1.165, 1.54) is 55.4 Å².